The summed E-state index contributed by atoms with van der Waals surface area (Å²) in [5.41, 5.74) is 0. The maximum absolute atomic E-state index is 10.2. The Bertz CT molecular complexity index is 168. The summed E-state index contributed by atoms with van der Waals surface area (Å²) >= 11 is 0. The highest BCUT2D eigenvalue weighted by molar-refractivity contribution is 4.86. The minimum absolute atomic E-state index is 0.145. The van der Waals surface area contributed by atoms with Crippen LogP contribution in [0.2, 0.25) is 0 Å². The second-order valence-electron chi connectivity index (χ2n) is 2.80. The number of ether oxygens (including phenoxy) is 1. The Labute approximate surface area is 78.7 Å². The molecule has 76 valence electrons. The summed E-state index contributed by atoms with van der Waals surface area (Å²) in [7, 11) is 0. The number of unbranched alkanes of at least 4 members (excludes halogenated alkanes) is 1. The van der Waals surface area contributed by atoms with Crippen LogP contribution in [0.15, 0.2) is 12.2 Å². The maximum Gasteiger partial charge on any atom is 0.233 e. The van der Waals surface area contributed by atoms with E-state index in [1.165, 1.54) is 0 Å². The van der Waals surface area contributed by atoms with Crippen LogP contribution in [0, 0.1) is 10.1 Å². The molecule has 0 radical (unpaired) electrons. The molecule has 0 fully saturated rings. The molecule has 0 aliphatic heterocycles. The molecule has 13 heavy (non-hydrogen) atoms. The van der Waals surface area contributed by atoms with Crippen molar-refractivity contribution in [2.24, 2.45) is 0 Å². The van der Waals surface area contributed by atoms with Gasteiger partial charge in [0.15, 0.2) is 0 Å². The first-order valence-electron chi connectivity index (χ1n) is 4.57. The zero-order valence-electron chi connectivity index (χ0n) is 8.23. The summed E-state index contributed by atoms with van der Waals surface area (Å²) in [5.74, 6) is 0. The van der Waals surface area contributed by atoms with Crippen LogP contribution in [-0.4, -0.2) is 24.2 Å². The lowest BCUT2D eigenvalue weighted by atomic mass is 10.3. The Morgan fingerprint density at radius 3 is 2.77 bits per heavy atom. The lowest BCUT2D eigenvalue weighted by molar-refractivity contribution is -0.488. The summed E-state index contributed by atoms with van der Waals surface area (Å²) in [5, 5.41) is 10.2. The zero-order chi connectivity index (χ0) is 10.1. The largest absolute Gasteiger partial charge is 0.367 e. The molecule has 0 rings (SSSR count). The molecule has 0 aromatic carbocycles. The second-order valence-corrected chi connectivity index (χ2v) is 2.80. The van der Waals surface area contributed by atoms with Gasteiger partial charge in [-0.15, -0.1) is 0 Å². The van der Waals surface area contributed by atoms with Gasteiger partial charge in [0.1, 0.15) is 6.10 Å². The van der Waals surface area contributed by atoms with Gasteiger partial charge in [-0.1, -0.05) is 25.5 Å². The smallest absolute Gasteiger partial charge is 0.233 e. The Morgan fingerprint density at radius 1 is 1.62 bits per heavy atom. The second kappa shape index (κ2) is 7.73. The van der Waals surface area contributed by atoms with Gasteiger partial charge in [-0.25, -0.2) is 0 Å². The van der Waals surface area contributed by atoms with E-state index in [0.717, 1.165) is 12.8 Å². The predicted octanol–water partition coefficient (Wildman–Crippen LogP) is 2.02. The van der Waals surface area contributed by atoms with E-state index in [9.17, 15) is 10.1 Å². The summed E-state index contributed by atoms with van der Waals surface area (Å²) in [4.78, 5) is 9.86. The van der Waals surface area contributed by atoms with Gasteiger partial charge in [0, 0.05) is 11.5 Å². The van der Waals surface area contributed by atoms with E-state index in [1.54, 1.807) is 12.2 Å². The Balaban J connectivity index is 3.73. The van der Waals surface area contributed by atoms with Gasteiger partial charge in [-0.2, -0.15) is 0 Å². The normalized spacial score (nSPS) is 13.4. The summed E-state index contributed by atoms with van der Waals surface area (Å²) in [6.45, 7) is 4.34. The molecule has 0 aliphatic carbocycles. The number of hydrogen-bond acceptors (Lipinski definition) is 3. The third-order valence-corrected chi connectivity index (χ3v) is 1.57. The van der Waals surface area contributed by atoms with Crippen molar-refractivity contribution >= 4 is 0 Å². The monoisotopic (exact) mass is 187 g/mol. The van der Waals surface area contributed by atoms with Gasteiger partial charge in [0.05, 0.1) is 0 Å². The molecular weight excluding hydrogens is 170 g/mol. The van der Waals surface area contributed by atoms with Crippen LogP contribution in [0.5, 0.6) is 0 Å². The fourth-order valence-electron chi connectivity index (χ4n) is 0.910. The minimum Gasteiger partial charge on any atom is -0.367 e. The molecule has 4 nitrogen and oxygen atoms in total. The standard InChI is InChI=1S/C9H17NO3/c1-3-5-7-13-9(6-4-2)8-10(11)12/h4,6,9H,3,5,7-8H2,1-2H3/b6-4+. The molecule has 0 spiro atoms. The maximum atomic E-state index is 10.2. The third-order valence-electron chi connectivity index (χ3n) is 1.57. The first-order chi connectivity index (χ1) is 6.20. The molecular formula is C9H17NO3. The summed E-state index contributed by atoms with van der Waals surface area (Å²) in [6, 6.07) is 0. The molecule has 0 heterocycles. The molecule has 4 heteroatoms. The number of nitrogens with zero attached hydrogens (tertiary/aromatic N) is 1. The highest BCUT2D eigenvalue weighted by atomic mass is 16.6. The SMILES string of the molecule is C/C=C/C(C[N+](=O)[O-])OCCCC. The summed E-state index contributed by atoms with van der Waals surface area (Å²) < 4.78 is 5.31. The van der Waals surface area contributed by atoms with Crippen molar-refractivity contribution in [3.8, 4) is 0 Å². The van der Waals surface area contributed by atoms with E-state index in [0.29, 0.717) is 6.61 Å². The number of hydrogen-bond donors (Lipinski definition) is 0. The number of nitro groups is 1. The van der Waals surface area contributed by atoms with Gasteiger partial charge in [-0.05, 0) is 13.3 Å². The molecule has 0 bridgehead atoms. The van der Waals surface area contributed by atoms with Crippen LogP contribution in [0.25, 0.3) is 0 Å². The van der Waals surface area contributed by atoms with Crippen molar-refractivity contribution in [3.63, 3.8) is 0 Å². The van der Waals surface area contributed by atoms with Crippen LogP contribution in [-0.2, 0) is 4.74 Å². The van der Waals surface area contributed by atoms with Gasteiger partial charge in [0.2, 0.25) is 6.54 Å². The molecule has 0 aromatic rings. The van der Waals surface area contributed by atoms with Crippen LogP contribution < -0.4 is 0 Å². The van der Waals surface area contributed by atoms with Crippen molar-refractivity contribution < 1.29 is 9.66 Å². The first kappa shape index (κ1) is 12.1. The van der Waals surface area contributed by atoms with E-state index in [1.807, 2.05) is 6.92 Å². The number of rotatable bonds is 7. The lowest BCUT2D eigenvalue weighted by Crippen LogP contribution is -2.21. The van der Waals surface area contributed by atoms with Gasteiger partial charge >= 0.3 is 0 Å². The average Bonchev–Trinajstić information content (AvgIpc) is 2.04. The van der Waals surface area contributed by atoms with Gasteiger partial charge < -0.3 is 4.74 Å². The molecule has 1 unspecified atom stereocenters. The van der Waals surface area contributed by atoms with Crippen molar-refractivity contribution in [2.75, 3.05) is 13.2 Å². The molecule has 0 amide bonds. The summed E-state index contributed by atoms with van der Waals surface area (Å²) in [6.07, 6.45) is 5.12. The van der Waals surface area contributed by atoms with E-state index >= 15 is 0 Å². The van der Waals surface area contributed by atoms with Crippen LogP contribution in [0.3, 0.4) is 0 Å². The van der Waals surface area contributed by atoms with Crippen molar-refractivity contribution in [3.05, 3.63) is 22.3 Å². The molecule has 0 aromatic heterocycles. The van der Waals surface area contributed by atoms with Gasteiger partial charge in [-0.3, -0.25) is 10.1 Å². The highest BCUT2D eigenvalue weighted by Crippen LogP contribution is 1.98. The van der Waals surface area contributed by atoms with E-state index in [2.05, 4.69) is 6.92 Å². The highest BCUT2D eigenvalue weighted by Gasteiger charge is 2.11. The molecule has 0 saturated carbocycles. The van der Waals surface area contributed by atoms with E-state index in [-0.39, 0.29) is 17.6 Å². The van der Waals surface area contributed by atoms with Crippen molar-refractivity contribution in [1.82, 2.24) is 0 Å². The Morgan fingerprint density at radius 2 is 2.31 bits per heavy atom. The molecule has 0 aliphatic rings. The van der Waals surface area contributed by atoms with E-state index < -0.39 is 0 Å². The average molecular weight is 187 g/mol. The van der Waals surface area contributed by atoms with Crippen molar-refractivity contribution in [2.45, 2.75) is 32.8 Å². The molecule has 0 saturated heterocycles. The molecule has 1 atom stereocenters. The molecule has 0 N–H and O–H groups in total. The van der Waals surface area contributed by atoms with Crippen LogP contribution in [0.4, 0.5) is 0 Å². The zero-order valence-corrected chi connectivity index (χ0v) is 8.23. The Hall–Kier alpha value is -0.900. The number of allylic oxidation sites excluding steroid dienone is 1. The van der Waals surface area contributed by atoms with Crippen molar-refractivity contribution in [1.29, 1.82) is 0 Å². The lowest BCUT2D eigenvalue weighted by Gasteiger charge is -2.08. The topological polar surface area (TPSA) is 52.4 Å². The quantitative estimate of drug-likeness (QED) is 0.265. The van der Waals surface area contributed by atoms with Gasteiger partial charge in [0.25, 0.3) is 0 Å². The van der Waals surface area contributed by atoms with Crippen LogP contribution >= 0.6 is 0 Å². The first-order valence-corrected chi connectivity index (χ1v) is 4.57. The fourth-order valence-corrected chi connectivity index (χ4v) is 0.910. The minimum atomic E-state index is -0.369. The van der Waals surface area contributed by atoms with E-state index in [4.69, 9.17) is 4.74 Å². The fraction of sp³-hybridized carbons (Fsp3) is 0.778. The van der Waals surface area contributed by atoms with Crippen LogP contribution in [0.1, 0.15) is 26.7 Å². The Kier molecular flexibility index (Phi) is 7.20. The predicted molar refractivity (Wildman–Crippen MR) is 51.3 cm³/mol. The third kappa shape index (κ3) is 7.46.